The van der Waals surface area contributed by atoms with E-state index in [2.05, 4.69) is 30.4 Å². The molecule has 7 heteroatoms. The van der Waals surface area contributed by atoms with E-state index < -0.39 is 11.4 Å². The quantitative estimate of drug-likeness (QED) is 0.616. The van der Waals surface area contributed by atoms with Crippen LogP contribution in [0.15, 0.2) is 39.7 Å². The third kappa shape index (κ3) is 4.15. The molecule has 0 aliphatic rings. The first-order valence-electron chi connectivity index (χ1n) is 6.40. The largest absolute Gasteiger partial charge is 0.591 e. The molecule has 21 heavy (non-hydrogen) atoms. The van der Waals surface area contributed by atoms with Crippen molar-refractivity contribution < 1.29 is 4.55 Å². The van der Waals surface area contributed by atoms with Crippen LogP contribution in [0, 0.1) is 0 Å². The summed E-state index contributed by atoms with van der Waals surface area (Å²) in [4.78, 5) is 4.11. The van der Waals surface area contributed by atoms with E-state index >= 15 is 0 Å². The molecule has 0 aliphatic heterocycles. The number of rotatable bonds is 3. The molecule has 0 N–H and O–H groups in total. The van der Waals surface area contributed by atoms with Gasteiger partial charge in [-0.2, -0.15) is 5.10 Å². The van der Waals surface area contributed by atoms with Crippen LogP contribution in [0.25, 0.3) is 5.69 Å². The van der Waals surface area contributed by atoms with Crippen molar-refractivity contribution in [2.24, 2.45) is 4.40 Å². The van der Waals surface area contributed by atoms with Crippen molar-refractivity contribution in [1.29, 1.82) is 0 Å². The molecular formula is C14H17BrN4OS. The molecule has 0 fully saturated rings. The maximum absolute atomic E-state index is 12.0. The van der Waals surface area contributed by atoms with Crippen LogP contribution in [0.4, 0.5) is 0 Å². The van der Waals surface area contributed by atoms with Crippen molar-refractivity contribution in [3.63, 3.8) is 0 Å². The predicted molar refractivity (Wildman–Crippen MR) is 89.2 cm³/mol. The first-order valence-corrected chi connectivity index (χ1v) is 8.30. The van der Waals surface area contributed by atoms with Crippen molar-refractivity contribution in [3.8, 4) is 5.69 Å². The number of hydrogen-bond acceptors (Lipinski definition) is 4. The minimum atomic E-state index is -1.28. The summed E-state index contributed by atoms with van der Waals surface area (Å²) in [5.74, 6) is 0. The Labute approximate surface area is 135 Å². The molecule has 0 bridgehead atoms. The van der Waals surface area contributed by atoms with Crippen LogP contribution in [0.3, 0.4) is 0 Å². The molecule has 0 saturated carbocycles. The minimum Gasteiger partial charge on any atom is -0.591 e. The Morgan fingerprint density at radius 3 is 2.67 bits per heavy atom. The molecule has 0 amide bonds. The number of hydrogen-bond donors (Lipinski definition) is 0. The molecule has 0 radical (unpaired) electrons. The van der Waals surface area contributed by atoms with Crippen molar-refractivity contribution in [3.05, 3.63) is 40.9 Å². The van der Waals surface area contributed by atoms with Gasteiger partial charge < -0.3 is 4.55 Å². The molecule has 0 aliphatic carbocycles. The monoisotopic (exact) mass is 368 g/mol. The van der Waals surface area contributed by atoms with Crippen LogP contribution < -0.4 is 0 Å². The maximum Gasteiger partial charge on any atom is 0.144 e. The molecular weight excluding hydrogens is 352 g/mol. The van der Waals surface area contributed by atoms with Crippen molar-refractivity contribution >= 4 is 33.0 Å². The lowest BCUT2D eigenvalue weighted by molar-refractivity contribution is 0.561. The summed E-state index contributed by atoms with van der Waals surface area (Å²) in [5.41, 5.74) is 2.39. The van der Waals surface area contributed by atoms with E-state index in [1.807, 2.05) is 40.0 Å². The molecule has 2 heterocycles. The van der Waals surface area contributed by atoms with Crippen LogP contribution in [-0.4, -0.2) is 29.8 Å². The van der Waals surface area contributed by atoms with Gasteiger partial charge in [-0.15, -0.1) is 0 Å². The highest BCUT2D eigenvalue weighted by Crippen LogP contribution is 2.19. The van der Waals surface area contributed by atoms with Gasteiger partial charge in [0.2, 0.25) is 0 Å². The van der Waals surface area contributed by atoms with Gasteiger partial charge in [-0.05, 0) is 49.7 Å². The molecule has 112 valence electrons. The van der Waals surface area contributed by atoms with Gasteiger partial charge in [-0.1, -0.05) is 4.40 Å². The summed E-state index contributed by atoms with van der Waals surface area (Å²) < 4.78 is 18.5. The molecule has 2 aromatic rings. The number of halogens is 1. The topological polar surface area (TPSA) is 66.1 Å². The van der Waals surface area contributed by atoms with Crippen molar-refractivity contribution in [2.75, 3.05) is 0 Å². The lowest BCUT2D eigenvalue weighted by Gasteiger charge is -2.18. The van der Waals surface area contributed by atoms with E-state index in [0.717, 1.165) is 15.7 Å². The molecule has 0 saturated heterocycles. The maximum atomic E-state index is 12.0. The van der Waals surface area contributed by atoms with E-state index in [1.54, 1.807) is 23.3 Å². The first-order chi connectivity index (χ1) is 9.77. The Kier molecular flexibility index (Phi) is 4.85. The third-order valence-corrected chi connectivity index (χ3v) is 4.62. The molecule has 1 atom stereocenters. The highest BCUT2D eigenvalue weighted by molar-refractivity contribution is 9.10. The fraction of sp³-hybridized carbons (Fsp3) is 0.357. The predicted octanol–water partition coefficient (Wildman–Crippen LogP) is 3.30. The third-order valence-electron chi connectivity index (χ3n) is 2.70. The van der Waals surface area contributed by atoms with Gasteiger partial charge in [0.05, 0.1) is 23.8 Å². The molecule has 5 nitrogen and oxygen atoms in total. The molecule has 2 rings (SSSR count). The van der Waals surface area contributed by atoms with Crippen LogP contribution in [0.2, 0.25) is 0 Å². The standard InChI is InChI=1S/C14H17BrN4OS/c1-10(18-21(20)14(2,3)4)11-6-17-19(9-11)13-5-12(15)7-16-8-13/h5-9H,1-4H3/b18-10-. The Morgan fingerprint density at radius 2 is 2.05 bits per heavy atom. The zero-order chi connectivity index (χ0) is 15.6. The van der Waals surface area contributed by atoms with Crippen molar-refractivity contribution in [1.82, 2.24) is 14.8 Å². The molecule has 2 aromatic heterocycles. The van der Waals surface area contributed by atoms with Gasteiger partial charge in [-0.25, -0.2) is 4.68 Å². The number of pyridine rings is 1. The molecule has 0 aromatic carbocycles. The molecule has 0 spiro atoms. The van der Waals surface area contributed by atoms with E-state index in [1.165, 1.54) is 0 Å². The zero-order valence-corrected chi connectivity index (χ0v) is 14.8. The summed E-state index contributed by atoms with van der Waals surface area (Å²) in [5, 5.41) is 4.29. The number of aromatic nitrogens is 3. The average Bonchev–Trinajstić information content (AvgIpc) is 2.87. The normalized spacial score (nSPS) is 14.3. The minimum absolute atomic E-state index is 0.370. The van der Waals surface area contributed by atoms with Gasteiger partial charge in [0.25, 0.3) is 0 Å². The smallest absolute Gasteiger partial charge is 0.144 e. The van der Waals surface area contributed by atoms with Crippen LogP contribution in [-0.2, 0) is 11.4 Å². The van der Waals surface area contributed by atoms with Gasteiger partial charge in [0.1, 0.15) is 16.1 Å². The Bertz CT molecular complexity index is 663. The second-order valence-electron chi connectivity index (χ2n) is 5.57. The van der Waals surface area contributed by atoms with Gasteiger partial charge >= 0.3 is 0 Å². The highest BCUT2D eigenvalue weighted by Gasteiger charge is 2.26. The van der Waals surface area contributed by atoms with Gasteiger partial charge in [0.15, 0.2) is 0 Å². The van der Waals surface area contributed by atoms with E-state index in [9.17, 15) is 4.55 Å². The summed E-state index contributed by atoms with van der Waals surface area (Å²) in [6.07, 6.45) is 7.00. The Hall–Kier alpha value is -1.18. The van der Waals surface area contributed by atoms with E-state index in [0.29, 0.717) is 5.71 Å². The lowest BCUT2D eigenvalue weighted by Crippen LogP contribution is -2.26. The van der Waals surface area contributed by atoms with E-state index in [-0.39, 0.29) is 4.75 Å². The second-order valence-corrected chi connectivity index (χ2v) is 8.39. The lowest BCUT2D eigenvalue weighted by atomic mass is 10.2. The Morgan fingerprint density at radius 1 is 1.33 bits per heavy atom. The van der Waals surface area contributed by atoms with Crippen LogP contribution in [0.1, 0.15) is 33.3 Å². The summed E-state index contributed by atoms with van der Waals surface area (Å²) in [7, 11) is 0. The zero-order valence-electron chi connectivity index (χ0n) is 12.4. The van der Waals surface area contributed by atoms with Gasteiger partial charge in [-0.3, -0.25) is 4.98 Å². The SMILES string of the molecule is C/C(=N/[S+]([O-])C(C)(C)C)c1cnn(-c2cncc(Br)c2)c1. The van der Waals surface area contributed by atoms with Gasteiger partial charge in [0, 0.05) is 22.4 Å². The average molecular weight is 369 g/mol. The number of nitrogens with zero attached hydrogens (tertiary/aromatic N) is 4. The fourth-order valence-electron chi connectivity index (χ4n) is 1.49. The van der Waals surface area contributed by atoms with Crippen LogP contribution >= 0.6 is 15.9 Å². The second kappa shape index (κ2) is 6.29. The summed E-state index contributed by atoms with van der Waals surface area (Å²) >= 11 is 2.11. The highest BCUT2D eigenvalue weighted by atomic mass is 79.9. The van der Waals surface area contributed by atoms with Crippen LogP contribution in [0.5, 0.6) is 0 Å². The fourth-order valence-corrected chi connectivity index (χ4v) is 2.47. The van der Waals surface area contributed by atoms with E-state index in [4.69, 9.17) is 0 Å². The Balaban J connectivity index is 2.26. The van der Waals surface area contributed by atoms with Crippen molar-refractivity contribution in [2.45, 2.75) is 32.4 Å². The first kappa shape index (κ1) is 16.2. The summed E-state index contributed by atoms with van der Waals surface area (Å²) in [6.45, 7) is 7.54. The molecule has 1 unspecified atom stereocenters. The summed E-state index contributed by atoms with van der Waals surface area (Å²) in [6, 6.07) is 1.92.